The van der Waals surface area contributed by atoms with Crippen LogP contribution >= 0.6 is 11.3 Å². The van der Waals surface area contributed by atoms with Crippen LogP contribution in [0.15, 0.2) is 29.8 Å². The van der Waals surface area contributed by atoms with Gasteiger partial charge >= 0.3 is 6.03 Å². The molecular weight excluding hydrogens is 300 g/mol. The van der Waals surface area contributed by atoms with Crippen LogP contribution in [0, 0.1) is 0 Å². The van der Waals surface area contributed by atoms with Crippen molar-refractivity contribution in [1.29, 1.82) is 0 Å². The number of pyridine rings is 1. The summed E-state index contributed by atoms with van der Waals surface area (Å²) in [6.07, 6.45) is 2.67. The van der Waals surface area contributed by atoms with Crippen molar-refractivity contribution in [3.05, 3.63) is 40.5 Å². The lowest BCUT2D eigenvalue weighted by Gasteiger charge is -2.11. The van der Waals surface area contributed by atoms with E-state index in [1.165, 1.54) is 0 Å². The van der Waals surface area contributed by atoms with Crippen molar-refractivity contribution in [1.82, 2.24) is 24.9 Å². The Morgan fingerprint density at radius 1 is 1.41 bits per heavy atom. The van der Waals surface area contributed by atoms with E-state index in [0.717, 1.165) is 17.1 Å². The molecule has 22 heavy (non-hydrogen) atoms. The van der Waals surface area contributed by atoms with Gasteiger partial charge in [0.1, 0.15) is 0 Å². The van der Waals surface area contributed by atoms with Gasteiger partial charge in [0.05, 0.1) is 16.7 Å². The van der Waals surface area contributed by atoms with Crippen molar-refractivity contribution in [2.24, 2.45) is 0 Å². The lowest BCUT2D eigenvalue weighted by molar-refractivity contribution is 0.249. The lowest BCUT2D eigenvalue weighted by atomic mass is 10.3. The van der Waals surface area contributed by atoms with Gasteiger partial charge in [0.25, 0.3) is 5.95 Å². The number of carbonyl (C=O) groups excluding carboxylic acids is 1. The van der Waals surface area contributed by atoms with Crippen molar-refractivity contribution in [3.8, 4) is 0 Å². The second kappa shape index (κ2) is 6.10. The summed E-state index contributed by atoms with van der Waals surface area (Å²) in [5.41, 5.74) is 1.54. The van der Waals surface area contributed by atoms with E-state index in [4.69, 9.17) is 0 Å². The molecule has 3 rings (SSSR count). The Balaban J connectivity index is 1.64. The van der Waals surface area contributed by atoms with Gasteiger partial charge < -0.3 is 5.32 Å². The number of aryl methyl sites for hydroxylation is 1. The molecule has 0 aliphatic heterocycles. The first-order valence-electron chi connectivity index (χ1n) is 6.99. The zero-order valence-corrected chi connectivity index (χ0v) is 13.1. The Labute approximate surface area is 131 Å². The van der Waals surface area contributed by atoms with Crippen LogP contribution in [0.3, 0.4) is 0 Å². The summed E-state index contributed by atoms with van der Waals surface area (Å²) in [4.78, 5) is 20.7. The van der Waals surface area contributed by atoms with Gasteiger partial charge in [0, 0.05) is 11.6 Å². The molecule has 8 heteroatoms. The van der Waals surface area contributed by atoms with Gasteiger partial charge in [-0.1, -0.05) is 13.0 Å². The van der Waals surface area contributed by atoms with E-state index in [2.05, 4.69) is 32.6 Å². The third-order valence-electron chi connectivity index (χ3n) is 3.13. The highest BCUT2D eigenvalue weighted by molar-refractivity contribution is 7.09. The summed E-state index contributed by atoms with van der Waals surface area (Å²) in [6, 6.07) is 5.01. The molecular formula is C14H16N6OS. The zero-order valence-electron chi connectivity index (χ0n) is 12.3. The smallest absolute Gasteiger partial charge is 0.322 e. The second-order valence-corrected chi connectivity index (χ2v) is 5.72. The van der Waals surface area contributed by atoms with Crippen LogP contribution in [-0.4, -0.2) is 25.6 Å². The molecule has 0 unspecified atom stereocenters. The number of carbonyl (C=O) groups is 1. The van der Waals surface area contributed by atoms with Crippen LogP contribution in [0.1, 0.15) is 30.6 Å². The Bertz CT molecular complexity index is 762. The average Bonchev–Trinajstić information content (AvgIpc) is 3.12. The molecule has 0 radical (unpaired) electrons. The topological polar surface area (TPSA) is 84.2 Å². The Morgan fingerprint density at radius 2 is 2.27 bits per heavy atom. The molecule has 0 saturated carbocycles. The minimum Gasteiger partial charge on any atom is -0.330 e. The van der Waals surface area contributed by atoms with Gasteiger partial charge in [-0.25, -0.2) is 14.3 Å². The summed E-state index contributed by atoms with van der Waals surface area (Å²) in [7, 11) is 0. The number of hydrogen-bond donors (Lipinski definition) is 2. The van der Waals surface area contributed by atoms with E-state index in [1.54, 1.807) is 22.0 Å². The maximum Gasteiger partial charge on any atom is 0.322 e. The lowest BCUT2D eigenvalue weighted by Crippen LogP contribution is -2.31. The molecule has 0 aliphatic rings. The van der Waals surface area contributed by atoms with Crippen molar-refractivity contribution in [2.45, 2.75) is 26.3 Å². The van der Waals surface area contributed by atoms with Crippen LogP contribution in [-0.2, 0) is 6.42 Å². The summed E-state index contributed by atoms with van der Waals surface area (Å²) >= 11 is 1.60. The van der Waals surface area contributed by atoms with Crippen molar-refractivity contribution >= 4 is 29.0 Å². The largest absolute Gasteiger partial charge is 0.330 e. The number of thiazole rings is 1. The minimum atomic E-state index is -0.352. The van der Waals surface area contributed by atoms with Crippen molar-refractivity contribution < 1.29 is 4.79 Å². The van der Waals surface area contributed by atoms with Crippen LogP contribution in [0.4, 0.5) is 10.7 Å². The van der Waals surface area contributed by atoms with Gasteiger partial charge in [0.15, 0.2) is 5.65 Å². The molecule has 2 N–H and O–H groups in total. The highest BCUT2D eigenvalue weighted by Gasteiger charge is 2.14. The summed E-state index contributed by atoms with van der Waals surface area (Å²) in [5, 5.41) is 12.7. The molecule has 0 spiro atoms. The number of aromatic nitrogens is 4. The molecule has 3 aromatic rings. The number of fused-ring (bicyclic) bond motifs is 1. The highest BCUT2D eigenvalue weighted by Crippen LogP contribution is 2.17. The second-order valence-electron chi connectivity index (χ2n) is 4.78. The standard InChI is InChI=1S/C14H16N6OS/c1-3-12-16-10(8-22-12)9(2)15-14(21)18-13-17-11-6-4-5-7-20(11)19-13/h4-9H,3H2,1-2H3,(H2,15,18,19,21)/t9-/m0/s1. The maximum atomic E-state index is 12.0. The van der Waals surface area contributed by atoms with E-state index < -0.39 is 0 Å². The van der Waals surface area contributed by atoms with Crippen LogP contribution in [0.2, 0.25) is 0 Å². The van der Waals surface area contributed by atoms with Crippen molar-refractivity contribution in [2.75, 3.05) is 5.32 Å². The van der Waals surface area contributed by atoms with Gasteiger partial charge in [-0.15, -0.1) is 16.4 Å². The molecule has 114 valence electrons. The van der Waals surface area contributed by atoms with Gasteiger partial charge in [0.2, 0.25) is 0 Å². The third kappa shape index (κ3) is 3.06. The highest BCUT2D eigenvalue weighted by atomic mass is 32.1. The fraction of sp³-hybridized carbons (Fsp3) is 0.286. The van der Waals surface area contributed by atoms with Crippen LogP contribution < -0.4 is 10.6 Å². The quantitative estimate of drug-likeness (QED) is 0.775. The van der Waals surface area contributed by atoms with Crippen LogP contribution in [0.25, 0.3) is 5.65 Å². The van der Waals surface area contributed by atoms with Crippen LogP contribution in [0.5, 0.6) is 0 Å². The number of anilines is 1. The van der Waals surface area contributed by atoms with E-state index in [0.29, 0.717) is 5.65 Å². The summed E-state index contributed by atoms with van der Waals surface area (Å²) in [6.45, 7) is 3.95. The Morgan fingerprint density at radius 3 is 3.00 bits per heavy atom. The number of nitrogens with one attached hydrogen (secondary N) is 2. The molecule has 0 saturated heterocycles. The number of rotatable bonds is 4. The zero-order chi connectivity index (χ0) is 15.5. The minimum absolute atomic E-state index is 0.173. The fourth-order valence-electron chi connectivity index (χ4n) is 1.98. The Hall–Kier alpha value is -2.48. The number of hydrogen-bond acceptors (Lipinski definition) is 5. The molecule has 0 fully saturated rings. The molecule has 0 aromatic carbocycles. The van der Waals surface area contributed by atoms with Gasteiger partial charge in [-0.3, -0.25) is 5.32 Å². The van der Waals surface area contributed by atoms with Crippen molar-refractivity contribution in [3.63, 3.8) is 0 Å². The van der Waals surface area contributed by atoms with Gasteiger partial charge in [-0.05, 0) is 25.5 Å². The molecule has 0 aliphatic carbocycles. The monoisotopic (exact) mass is 316 g/mol. The molecule has 7 nitrogen and oxygen atoms in total. The Kier molecular flexibility index (Phi) is 4.01. The first kappa shape index (κ1) is 14.5. The molecule has 3 aromatic heterocycles. The summed E-state index contributed by atoms with van der Waals surface area (Å²) in [5.74, 6) is 0.267. The molecule has 2 amide bonds. The van der Waals surface area contributed by atoms with Gasteiger partial charge in [-0.2, -0.15) is 4.98 Å². The molecule has 1 atom stereocenters. The first-order chi connectivity index (χ1) is 10.7. The predicted octanol–water partition coefficient (Wildman–Crippen LogP) is 2.63. The SMILES string of the molecule is CCc1nc([C@H](C)NC(=O)Nc2nc3ccccn3n2)cs1. The third-order valence-corrected chi connectivity index (χ3v) is 4.14. The molecule has 0 bridgehead atoms. The molecule has 3 heterocycles. The van der Waals surface area contributed by atoms with E-state index >= 15 is 0 Å². The maximum absolute atomic E-state index is 12.0. The number of amides is 2. The average molecular weight is 316 g/mol. The number of urea groups is 1. The normalized spacial score (nSPS) is 12.3. The van der Waals surface area contributed by atoms with E-state index in [1.807, 2.05) is 30.5 Å². The van der Waals surface area contributed by atoms with E-state index in [9.17, 15) is 4.79 Å². The van der Waals surface area contributed by atoms with E-state index in [-0.39, 0.29) is 18.0 Å². The fourth-order valence-corrected chi connectivity index (χ4v) is 2.82. The summed E-state index contributed by atoms with van der Waals surface area (Å²) < 4.78 is 1.60. The number of nitrogens with zero attached hydrogens (tertiary/aromatic N) is 4. The predicted molar refractivity (Wildman–Crippen MR) is 85.0 cm³/mol. The first-order valence-corrected chi connectivity index (χ1v) is 7.87.